The first-order valence-corrected chi connectivity index (χ1v) is 17.7. The van der Waals surface area contributed by atoms with Crippen LogP contribution in [-0.2, 0) is 0 Å². The second kappa shape index (κ2) is 12.5. The number of nitrogens with zero attached hydrogens (tertiary/aromatic N) is 2. The van der Waals surface area contributed by atoms with E-state index in [1.54, 1.807) is 0 Å². The Morgan fingerprint density at radius 1 is 0.472 bits per heavy atom. The average molecular weight is 681 g/mol. The van der Waals surface area contributed by atoms with E-state index in [1.165, 1.54) is 16.3 Å². The van der Waals surface area contributed by atoms with Crippen LogP contribution in [0.3, 0.4) is 0 Å². The summed E-state index contributed by atoms with van der Waals surface area (Å²) < 4.78 is 8.97. The Bertz CT molecular complexity index is 3050. The minimum absolute atomic E-state index is 0.170. The van der Waals surface area contributed by atoms with Crippen molar-refractivity contribution in [2.24, 2.45) is 4.99 Å². The lowest BCUT2D eigenvalue weighted by molar-refractivity contribution is 0.664. The summed E-state index contributed by atoms with van der Waals surface area (Å²) in [5, 5.41) is 15.7. The number of hydrogen-bond donors (Lipinski definition) is 2. The van der Waals surface area contributed by atoms with Crippen molar-refractivity contribution in [2.45, 2.75) is 0 Å². The van der Waals surface area contributed by atoms with Gasteiger partial charge in [0.2, 0.25) is 0 Å². The number of aliphatic imine (C=N–C) groups is 1. The largest absolute Gasteiger partial charge is 0.456 e. The van der Waals surface area contributed by atoms with E-state index in [1.807, 2.05) is 72.8 Å². The second-order valence-electron chi connectivity index (χ2n) is 13.3. The maximum Gasteiger partial charge on any atom is 0.154 e. The first-order valence-electron chi connectivity index (χ1n) is 17.7. The fourth-order valence-electron chi connectivity index (χ4n) is 7.51. The van der Waals surface area contributed by atoms with Crippen molar-refractivity contribution >= 4 is 66.2 Å². The number of benzene rings is 8. The Labute approximate surface area is 305 Å². The molecule has 10 rings (SSSR count). The Morgan fingerprint density at radius 3 is 1.96 bits per heavy atom. The van der Waals surface area contributed by atoms with Gasteiger partial charge >= 0.3 is 0 Å². The lowest BCUT2D eigenvalue weighted by Crippen LogP contribution is -2.25. The number of aromatic nitrogens is 1. The molecule has 0 fully saturated rings. The first-order chi connectivity index (χ1) is 26.2. The lowest BCUT2D eigenvalue weighted by Gasteiger charge is -2.15. The summed E-state index contributed by atoms with van der Waals surface area (Å²) in [6.07, 6.45) is 0. The van der Waals surface area contributed by atoms with E-state index in [9.17, 15) is 0 Å². The maximum atomic E-state index is 8.98. The van der Waals surface area contributed by atoms with Gasteiger partial charge in [0.25, 0.3) is 0 Å². The summed E-state index contributed by atoms with van der Waals surface area (Å²) in [7, 11) is 0. The van der Waals surface area contributed by atoms with E-state index < -0.39 is 0 Å². The van der Waals surface area contributed by atoms with Crippen LogP contribution in [0.15, 0.2) is 191 Å². The quantitative estimate of drug-likeness (QED) is 0.140. The molecule has 0 saturated carbocycles. The molecule has 0 radical (unpaired) electrons. The summed E-state index contributed by atoms with van der Waals surface area (Å²) >= 11 is 0. The van der Waals surface area contributed by atoms with E-state index in [4.69, 9.17) is 14.8 Å². The highest BCUT2D eigenvalue weighted by Crippen LogP contribution is 2.41. The maximum absolute atomic E-state index is 8.98. The highest BCUT2D eigenvalue weighted by molar-refractivity contribution is 6.27. The molecule has 0 saturated heterocycles. The van der Waals surface area contributed by atoms with Crippen molar-refractivity contribution in [3.8, 4) is 22.3 Å². The van der Waals surface area contributed by atoms with Crippen molar-refractivity contribution in [2.75, 3.05) is 5.43 Å². The molecular weight excluding hydrogens is 649 g/mol. The summed E-state index contributed by atoms with van der Waals surface area (Å²) in [4.78, 5) is 4.90. The third kappa shape index (κ3) is 5.34. The normalized spacial score (nSPS) is 12.0. The van der Waals surface area contributed by atoms with Crippen LogP contribution in [-0.4, -0.2) is 16.3 Å². The number of nitrogens with one attached hydrogen (secondary N) is 2. The van der Waals surface area contributed by atoms with Gasteiger partial charge in [0.15, 0.2) is 11.7 Å². The topological polar surface area (TPSA) is 66.3 Å². The Morgan fingerprint density at radius 2 is 1.13 bits per heavy atom. The Hall–Kier alpha value is -7.24. The highest BCUT2D eigenvalue weighted by atomic mass is 16.3. The van der Waals surface area contributed by atoms with Gasteiger partial charge < -0.3 is 4.42 Å². The van der Waals surface area contributed by atoms with Crippen molar-refractivity contribution in [1.29, 1.82) is 5.41 Å². The molecular formula is C48H32N4O. The van der Waals surface area contributed by atoms with Crippen molar-refractivity contribution < 1.29 is 4.42 Å². The Kier molecular flexibility index (Phi) is 7.22. The van der Waals surface area contributed by atoms with Gasteiger partial charge in [-0.1, -0.05) is 146 Å². The number of fused-ring (bicyclic) bond motifs is 3. The van der Waals surface area contributed by atoms with Crippen molar-refractivity contribution in [3.63, 3.8) is 0 Å². The summed E-state index contributed by atoms with van der Waals surface area (Å²) in [6, 6.07) is 62.5. The van der Waals surface area contributed by atoms with Gasteiger partial charge in [-0.3, -0.25) is 15.5 Å². The molecule has 0 bridgehead atoms. The Balaban J connectivity index is 1.22. The third-order valence-electron chi connectivity index (χ3n) is 10.1. The molecule has 2 N–H and O–H groups in total. The van der Waals surface area contributed by atoms with Crippen LogP contribution in [0.1, 0.15) is 11.1 Å². The molecule has 53 heavy (non-hydrogen) atoms. The molecule has 8 aromatic carbocycles. The smallest absolute Gasteiger partial charge is 0.154 e. The summed E-state index contributed by atoms with van der Waals surface area (Å²) in [6.45, 7) is 0. The molecule has 250 valence electrons. The number of rotatable bonds is 5. The zero-order chi connectivity index (χ0) is 35.3. The van der Waals surface area contributed by atoms with Gasteiger partial charge in [-0.25, -0.2) is 4.99 Å². The van der Waals surface area contributed by atoms with E-state index in [0.29, 0.717) is 5.84 Å². The number of amidine groups is 2. The van der Waals surface area contributed by atoms with E-state index in [0.717, 1.165) is 71.6 Å². The standard InChI is InChI=1S/C48H32N4O/c49-47(32-14-3-1-4-15-32)50-48(33-16-5-2-6-17-33)51-52-41-23-12-22-40-39-21-9-10-24-43(39)53-44-30-38(29-42(52)46(44)45(40)41)36-20-11-19-35(28-36)37-26-25-31-13-7-8-18-34(31)27-37/h1-30H,(H2,49,50,51). The van der Waals surface area contributed by atoms with Gasteiger partial charge in [-0.2, -0.15) is 0 Å². The van der Waals surface area contributed by atoms with Gasteiger partial charge in [0, 0.05) is 21.9 Å². The summed E-state index contributed by atoms with van der Waals surface area (Å²) in [5.41, 5.74) is 13.2. The fraction of sp³-hybridized carbons (Fsp3) is 0. The van der Waals surface area contributed by atoms with Crippen LogP contribution < -0.4 is 5.43 Å². The molecule has 0 aliphatic rings. The monoisotopic (exact) mass is 680 g/mol. The minimum Gasteiger partial charge on any atom is -0.456 e. The minimum atomic E-state index is 0.170. The molecule has 5 nitrogen and oxygen atoms in total. The highest BCUT2D eigenvalue weighted by Gasteiger charge is 2.21. The van der Waals surface area contributed by atoms with E-state index in [-0.39, 0.29) is 5.84 Å². The average Bonchev–Trinajstić information content (AvgIpc) is 3.46. The molecule has 0 aliphatic carbocycles. The number of para-hydroxylation sites is 1. The molecule has 2 heterocycles. The third-order valence-corrected chi connectivity index (χ3v) is 10.1. The summed E-state index contributed by atoms with van der Waals surface area (Å²) in [5.74, 6) is 0.732. The van der Waals surface area contributed by atoms with Gasteiger partial charge in [-0.05, 0) is 74.8 Å². The molecule has 5 heteroatoms. The fourth-order valence-corrected chi connectivity index (χ4v) is 7.51. The first kappa shape index (κ1) is 30.6. The van der Waals surface area contributed by atoms with Crippen LogP contribution in [0.5, 0.6) is 0 Å². The molecule has 0 atom stereocenters. The lowest BCUT2D eigenvalue weighted by atomic mass is 9.96. The van der Waals surface area contributed by atoms with Crippen molar-refractivity contribution in [3.05, 3.63) is 193 Å². The van der Waals surface area contributed by atoms with E-state index in [2.05, 4.69) is 119 Å². The molecule has 2 aromatic heterocycles. The SMILES string of the molecule is N=C(/N=C(\Nn1c2cc(-c3cccc(-c4ccc5ccccc5c4)c3)cc3oc4ccccc4c4cccc1c4c32)c1ccccc1)c1ccccc1. The molecule has 0 spiro atoms. The molecule has 0 aliphatic heterocycles. The van der Waals surface area contributed by atoms with E-state index >= 15 is 0 Å². The van der Waals surface area contributed by atoms with Gasteiger partial charge in [0.05, 0.1) is 16.4 Å². The van der Waals surface area contributed by atoms with Gasteiger partial charge in [0.1, 0.15) is 11.2 Å². The second-order valence-corrected chi connectivity index (χ2v) is 13.3. The van der Waals surface area contributed by atoms with Crippen LogP contribution >= 0.6 is 0 Å². The molecule has 0 amide bonds. The predicted octanol–water partition coefficient (Wildman–Crippen LogP) is 12.2. The van der Waals surface area contributed by atoms with Crippen molar-refractivity contribution in [1.82, 2.24) is 4.68 Å². The predicted molar refractivity (Wildman–Crippen MR) is 221 cm³/mol. The van der Waals surface area contributed by atoms with Crippen LogP contribution in [0.4, 0.5) is 0 Å². The zero-order valence-electron chi connectivity index (χ0n) is 28.6. The van der Waals surface area contributed by atoms with Crippen LogP contribution in [0.25, 0.3) is 76.8 Å². The van der Waals surface area contributed by atoms with Crippen LogP contribution in [0, 0.1) is 5.41 Å². The zero-order valence-corrected chi connectivity index (χ0v) is 28.6. The van der Waals surface area contributed by atoms with Crippen LogP contribution in [0.2, 0.25) is 0 Å². The molecule has 0 unspecified atom stereocenters. The molecule has 10 aromatic rings. The van der Waals surface area contributed by atoms with Gasteiger partial charge in [-0.15, -0.1) is 0 Å². The number of hydrogen-bond acceptors (Lipinski definition) is 2.